The van der Waals surface area contributed by atoms with Gasteiger partial charge < -0.3 is 19.9 Å². The van der Waals surface area contributed by atoms with E-state index in [-0.39, 0.29) is 25.8 Å². The topological polar surface area (TPSA) is 107 Å². The summed E-state index contributed by atoms with van der Waals surface area (Å²) >= 11 is 0. The summed E-state index contributed by atoms with van der Waals surface area (Å²) in [4.78, 5) is 38.0. The van der Waals surface area contributed by atoms with E-state index in [4.69, 9.17) is 10.8 Å². The standard InChI is InChI=1S/C32H32N2O6/c1-19-13-14-21-20(17-34(28(21)15-19)31(38)40-32(2,3)4)16-27(29(35)36)33-30(37)39-18-26-24-11-7-5-9-22(24)23-10-6-8-12-25(23)26/h5-15,17,26-27H,16,18H2,1-4H3,(H,33,37)(H,35,36)/t27-/m0/s1/i1D. The van der Waals surface area contributed by atoms with Gasteiger partial charge in [0.25, 0.3) is 0 Å². The van der Waals surface area contributed by atoms with Crippen molar-refractivity contribution in [2.24, 2.45) is 0 Å². The van der Waals surface area contributed by atoms with Gasteiger partial charge in [-0.1, -0.05) is 60.7 Å². The number of aryl methyl sites for hydroxylation is 1. The highest BCUT2D eigenvalue weighted by Crippen LogP contribution is 2.44. The molecule has 0 radical (unpaired) electrons. The van der Waals surface area contributed by atoms with Crippen LogP contribution < -0.4 is 5.32 Å². The van der Waals surface area contributed by atoms with E-state index < -0.39 is 29.8 Å². The van der Waals surface area contributed by atoms with E-state index in [1.54, 1.807) is 39.0 Å². The lowest BCUT2D eigenvalue weighted by molar-refractivity contribution is -0.139. The molecule has 5 rings (SSSR count). The molecule has 3 aromatic carbocycles. The van der Waals surface area contributed by atoms with Gasteiger partial charge in [0.2, 0.25) is 0 Å². The van der Waals surface area contributed by atoms with Crippen LogP contribution in [0.2, 0.25) is 0 Å². The number of aromatic nitrogens is 1. The van der Waals surface area contributed by atoms with Crippen LogP contribution in [0.1, 0.15) is 50.3 Å². The molecule has 0 fully saturated rings. The first-order valence-electron chi connectivity index (χ1n) is 13.8. The van der Waals surface area contributed by atoms with Crippen molar-refractivity contribution in [3.63, 3.8) is 0 Å². The Balaban J connectivity index is 1.34. The summed E-state index contributed by atoms with van der Waals surface area (Å²) in [5.41, 5.74) is 5.29. The number of carboxylic acids is 1. The molecule has 40 heavy (non-hydrogen) atoms. The van der Waals surface area contributed by atoms with E-state index in [0.717, 1.165) is 22.3 Å². The van der Waals surface area contributed by atoms with E-state index in [2.05, 4.69) is 5.32 Å². The third-order valence-corrected chi connectivity index (χ3v) is 6.90. The summed E-state index contributed by atoms with van der Waals surface area (Å²) in [7, 11) is 0. The lowest BCUT2D eigenvalue weighted by atomic mass is 9.98. The van der Waals surface area contributed by atoms with E-state index in [1.807, 2.05) is 48.5 Å². The van der Waals surface area contributed by atoms with Crippen molar-refractivity contribution in [1.29, 1.82) is 0 Å². The van der Waals surface area contributed by atoms with E-state index in [1.165, 1.54) is 10.8 Å². The second kappa shape index (κ2) is 10.5. The fourth-order valence-electron chi connectivity index (χ4n) is 5.17. The number of rotatable bonds is 6. The molecule has 4 aromatic rings. The predicted molar refractivity (Wildman–Crippen MR) is 152 cm³/mol. The van der Waals surface area contributed by atoms with Gasteiger partial charge in [-0.15, -0.1) is 0 Å². The second-order valence-corrected chi connectivity index (χ2v) is 10.9. The fourth-order valence-corrected chi connectivity index (χ4v) is 5.17. The molecule has 1 atom stereocenters. The SMILES string of the molecule is [2H]Cc1ccc2c(C[C@H](NC(=O)OCC3c4ccccc4-c4ccccc43)C(=O)O)cn(C(=O)OC(C)(C)C)c2c1. The summed E-state index contributed by atoms with van der Waals surface area (Å²) in [6.07, 6.45) is -0.0210. The number of alkyl carbamates (subject to hydrolysis) is 1. The van der Waals surface area contributed by atoms with E-state index in [9.17, 15) is 19.5 Å². The van der Waals surface area contributed by atoms with Crippen LogP contribution in [-0.4, -0.2) is 46.1 Å². The van der Waals surface area contributed by atoms with Crippen molar-refractivity contribution in [1.82, 2.24) is 9.88 Å². The zero-order valence-electron chi connectivity index (χ0n) is 23.6. The lowest BCUT2D eigenvalue weighted by Gasteiger charge is -2.19. The van der Waals surface area contributed by atoms with Crippen LogP contribution in [0.15, 0.2) is 72.9 Å². The number of aliphatic carboxylic acids is 1. The Morgan fingerprint density at radius 1 is 1.02 bits per heavy atom. The average molecular weight is 542 g/mol. The molecule has 1 heterocycles. The second-order valence-electron chi connectivity index (χ2n) is 10.9. The number of carbonyl (C=O) groups excluding carboxylic acids is 2. The third-order valence-electron chi connectivity index (χ3n) is 6.90. The van der Waals surface area contributed by atoms with Gasteiger partial charge in [-0.2, -0.15) is 0 Å². The predicted octanol–water partition coefficient (Wildman–Crippen LogP) is 6.27. The monoisotopic (exact) mass is 541 g/mol. The molecule has 0 saturated heterocycles. The molecule has 0 spiro atoms. The number of fused-ring (bicyclic) bond motifs is 4. The summed E-state index contributed by atoms with van der Waals surface area (Å²) in [5, 5.41) is 13.1. The Kier molecular flexibility index (Phi) is 6.76. The summed E-state index contributed by atoms with van der Waals surface area (Å²) in [6.45, 7) is 5.34. The number of hydrogen-bond acceptors (Lipinski definition) is 5. The number of benzene rings is 3. The first kappa shape index (κ1) is 25.7. The highest BCUT2D eigenvalue weighted by Gasteiger charge is 2.30. The highest BCUT2D eigenvalue weighted by atomic mass is 16.6. The molecule has 1 aromatic heterocycles. The van der Waals surface area contributed by atoms with Gasteiger partial charge >= 0.3 is 18.2 Å². The molecule has 0 unspecified atom stereocenters. The number of hydrogen-bond donors (Lipinski definition) is 2. The van der Waals surface area contributed by atoms with Gasteiger partial charge in [0.1, 0.15) is 18.2 Å². The Labute approximate surface area is 233 Å². The Bertz CT molecular complexity index is 1590. The van der Waals surface area contributed by atoms with Crippen molar-refractivity contribution in [3.05, 3.63) is 95.2 Å². The number of carboxylic acid groups (broad SMARTS) is 1. The van der Waals surface area contributed by atoms with Gasteiger partial charge in [-0.05, 0) is 67.1 Å². The molecular weight excluding hydrogens is 508 g/mol. The number of carbonyl (C=O) groups is 3. The minimum absolute atomic E-state index is 0.0197. The van der Waals surface area contributed by atoms with Crippen LogP contribution >= 0.6 is 0 Å². The molecule has 8 nitrogen and oxygen atoms in total. The molecule has 0 aliphatic heterocycles. The van der Waals surface area contributed by atoms with Crippen LogP contribution in [-0.2, 0) is 20.7 Å². The maximum Gasteiger partial charge on any atom is 0.419 e. The molecule has 1 aliphatic rings. The lowest BCUT2D eigenvalue weighted by Crippen LogP contribution is -2.42. The molecule has 1 amide bonds. The van der Waals surface area contributed by atoms with E-state index in [0.29, 0.717) is 22.0 Å². The van der Waals surface area contributed by atoms with Gasteiger partial charge in [-0.3, -0.25) is 4.57 Å². The smallest absolute Gasteiger partial charge is 0.419 e. The Morgan fingerprint density at radius 3 is 2.27 bits per heavy atom. The minimum Gasteiger partial charge on any atom is -0.480 e. The van der Waals surface area contributed by atoms with Crippen LogP contribution in [0.3, 0.4) is 0 Å². The van der Waals surface area contributed by atoms with Gasteiger partial charge in [0.15, 0.2) is 0 Å². The fraction of sp³-hybridized carbons (Fsp3) is 0.281. The quantitative estimate of drug-likeness (QED) is 0.298. The maximum atomic E-state index is 13.0. The average Bonchev–Trinajstić information content (AvgIpc) is 3.46. The molecule has 8 heteroatoms. The van der Waals surface area contributed by atoms with E-state index >= 15 is 0 Å². The number of amides is 1. The van der Waals surface area contributed by atoms with Crippen LogP contribution in [0, 0.1) is 6.90 Å². The van der Waals surface area contributed by atoms with Gasteiger partial charge in [0.05, 0.1) is 5.52 Å². The maximum absolute atomic E-state index is 13.0. The summed E-state index contributed by atoms with van der Waals surface area (Å²) in [5.74, 6) is -1.39. The highest BCUT2D eigenvalue weighted by molar-refractivity contribution is 5.93. The summed E-state index contributed by atoms with van der Waals surface area (Å²) in [6, 6.07) is 19.8. The minimum atomic E-state index is -1.31. The Hall–Kier alpha value is -4.59. The first-order chi connectivity index (χ1) is 19.6. The van der Waals surface area contributed by atoms with Gasteiger partial charge in [0, 0.05) is 25.3 Å². The molecule has 2 N–H and O–H groups in total. The van der Waals surface area contributed by atoms with Crippen molar-refractivity contribution >= 4 is 29.1 Å². The van der Waals surface area contributed by atoms with Gasteiger partial charge in [-0.25, -0.2) is 14.4 Å². The molecule has 1 aliphatic carbocycles. The first-order valence-corrected chi connectivity index (χ1v) is 13.1. The van der Waals surface area contributed by atoms with Crippen molar-refractivity contribution in [2.45, 2.75) is 51.7 Å². The van der Waals surface area contributed by atoms with Crippen molar-refractivity contribution in [3.8, 4) is 11.1 Å². The number of ether oxygens (including phenoxy) is 2. The van der Waals surface area contributed by atoms with Crippen molar-refractivity contribution < 1.29 is 30.3 Å². The van der Waals surface area contributed by atoms with Crippen LogP contribution in [0.25, 0.3) is 22.0 Å². The zero-order valence-corrected chi connectivity index (χ0v) is 22.6. The summed E-state index contributed by atoms with van der Waals surface area (Å²) < 4.78 is 20.1. The van der Waals surface area contributed by atoms with Crippen LogP contribution in [0.5, 0.6) is 0 Å². The Morgan fingerprint density at radius 2 is 1.68 bits per heavy atom. The molecule has 0 bridgehead atoms. The largest absolute Gasteiger partial charge is 0.480 e. The van der Waals surface area contributed by atoms with Crippen molar-refractivity contribution in [2.75, 3.05) is 6.61 Å². The number of nitrogens with one attached hydrogen (secondary N) is 1. The zero-order chi connectivity index (χ0) is 29.3. The third kappa shape index (κ3) is 5.43. The van der Waals surface area contributed by atoms with Crippen LogP contribution in [0.4, 0.5) is 9.59 Å². The normalized spacial score (nSPS) is 13.7. The molecule has 206 valence electrons. The number of nitrogens with zero attached hydrogens (tertiary/aromatic N) is 1. The molecular formula is C32H32N2O6. The molecule has 0 saturated carbocycles.